The van der Waals surface area contributed by atoms with Gasteiger partial charge in [-0.2, -0.15) is 4.39 Å². The molecule has 0 saturated heterocycles. The maximum Gasteiger partial charge on any atom is 0.270 e. The second-order valence-electron chi connectivity index (χ2n) is 9.00. The van der Waals surface area contributed by atoms with Crippen LogP contribution in [0.5, 0.6) is 0 Å². The Bertz CT molecular complexity index is 1450. The van der Waals surface area contributed by atoms with Gasteiger partial charge in [0.05, 0.1) is 5.52 Å². The highest BCUT2D eigenvalue weighted by Gasteiger charge is 2.25. The number of halogens is 1. The zero-order chi connectivity index (χ0) is 23.7. The highest BCUT2D eigenvalue weighted by molar-refractivity contribution is 5.92. The lowest BCUT2D eigenvalue weighted by atomic mass is 9.75. The first-order chi connectivity index (χ1) is 16.5. The van der Waals surface area contributed by atoms with Gasteiger partial charge < -0.3 is 10.6 Å². The third-order valence-electron chi connectivity index (χ3n) is 6.68. The number of carbonyl (C=O) groups is 1. The molecule has 4 aromatic rings. The van der Waals surface area contributed by atoms with E-state index in [9.17, 15) is 14.0 Å². The summed E-state index contributed by atoms with van der Waals surface area (Å²) >= 11 is 0. The van der Waals surface area contributed by atoms with Crippen LogP contribution < -0.4 is 16.2 Å². The molecule has 3 aromatic heterocycles. The molecule has 0 aliphatic heterocycles. The Morgan fingerprint density at radius 2 is 2.03 bits per heavy atom. The Hall–Kier alpha value is -3.65. The van der Waals surface area contributed by atoms with E-state index in [0.717, 1.165) is 23.4 Å². The summed E-state index contributed by atoms with van der Waals surface area (Å²) in [5.41, 5.74) is 2.09. The molecule has 1 amide bonds. The minimum Gasteiger partial charge on any atom is -0.347 e. The van der Waals surface area contributed by atoms with Crippen molar-refractivity contribution in [3.63, 3.8) is 0 Å². The lowest BCUT2D eigenvalue weighted by Gasteiger charge is -2.34. The summed E-state index contributed by atoms with van der Waals surface area (Å²) in [7, 11) is 0. The summed E-state index contributed by atoms with van der Waals surface area (Å²) in [4.78, 5) is 33.2. The molecule has 1 saturated carbocycles. The third kappa shape index (κ3) is 4.54. The number of nitrogens with one attached hydrogen (secondary N) is 2. The number of aromatic nitrogens is 3. The molecule has 1 aliphatic carbocycles. The number of hydrogen-bond acceptors (Lipinski definition) is 5. The summed E-state index contributed by atoms with van der Waals surface area (Å²) < 4.78 is 15.8. The van der Waals surface area contributed by atoms with Gasteiger partial charge in [-0.25, -0.2) is 9.97 Å². The number of amides is 1. The summed E-state index contributed by atoms with van der Waals surface area (Å²) in [6.45, 7) is 3.82. The Labute approximate surface area is 199 Å². The van der Waals surface area contributed by atoms with Gasteiger partial charge in [0.2, 0.25) is 5.95 Å². The average molecular weight is 464 g/mol. The second-order valence-corrected chi connectivity index (χ2v) is 9.00. The minimum absolute atomic E-state index is 0. The topological polar surface area (TPSA) is 88.4 Å². The van der Waals surface area contributed by atoms with Crippen molar-refractivity contribution in [1.29, 1.82) is 0 Å². The highest BCUT2D eigenvalue weighted by Crippen LogP contribution is 2.32. The number of carbonyl (C=O) groups excluding carboxylic acids is 1. The molecule has 34 heavy (non-hydrogen) atoms. The van der Waals surface area contributed by atoms with Gasteiger partial charge in [0, 0.05) is 39.2 Å². The molecule has 7 nitrogen and oxygen atoms in total. The minimum atomic E-state index is -0.462. The molecular weight excluding hydrogens is 433 g/mol. The quantitative estimate of drug-likeness (QED) is 0.406. The van der Waals surface area contributed by atoms with E-state index in [-0.39, 0.29) is 20.7 Å². The van der Waals surface area contributed by atoms with Gasteiger partial charge in [-0.1, -0.05) is 25.5 Å². The van der Waals surface area contributed by atoms with E-state index in [4.69, 9.17) is 0 Å². The van der Waals surface area contributed by atoms with Crippen molar-refractivity contribution < 1.29 is 12.0 Å². The number of benzene rings is 1. The number of fused-ring (bicyclic) bond motifs is 2. The Kier molecular flexibility index (Phi) is 6.06. The van der Waals surface area contributed by atoms with Crippen molar-refractivity contribution in [2.75, 3.05) is 6.54 Å². The fourth-order valence-electron chi connectivity index (χ4n) is 4.35. The molecule has 8 heteroatoms. The molecule has 5 rings (SSSR count). The normalized spacial score (nSPS) is 17.6. The Balaban J connectivity index is 0.00000180. The van der Waals surface area contributed by atoms with E-state index in [1.165, 1.54) is 23.3 Å². The molecule has 2 atom stereocenters. The van der Waals surface area contributed by atoms with Crippen LogP contribution >= 0.6 is 0 Å². The standard InChI is InChI=1S/C26H26FN5O2.2H2/c1-16-5-7-18(16)14-28-15-20-11-19-10-17(6-8-21(19)31-25(20)27)13-29-26(34)22-12-24(33)32-9-3-2-4-23(32)30-22;;/h2-4,6,8-12,16,18,28H,5,7,13-15H2,1H3,(H,29,34);2*1H/t16-,18+;;/m1../s1. The van der Waals surface area contributed by atoms with Crippen LogP contribution in [0.25, 0.3) is 16.6 Å². The Morgan fingerprint density at radius 1 is 1.15 bits per heavy atom. The summed E-state index contributed by atoms with van der Waals surface area (Å²) in [6, 6.07) is 13.6. The highest BCUT2D eigenvalue weighted by atomic mass is 19.1. The zero-order valence-corrected chi connectivity index (χ0v) is 18.9. The van der Waals surface area contributed by atoms with Crippen LogP contribution in [0.4, 0.5) is 4.39 Å². The molecule has 2 N–H and O–H groups in total. The van der Waals surface area contributed by atoms with Crippen molar-refractivity contribution in [3.05, 3.63) is 87.9 Å². The van der Waals surface area contributed by atoms with Gasteiger partial charge in [0.15, 0.2) is 0 Å². The SMILES string of the molecule is C[C@@H]1CC[C@H]1CNCc1cc2cc(CNC(=O)c3cc(=O)n4ccccc4n3)ccc2nc1F.[HH].[HH]. The molecule has 0 bridgehead atoms. The lowest BCUT2D eigenvalue weighted by molar-refractivity contribution is 0.0946. The first-order valence-corrected chi connectivity index (χ1v) is 11.5. The van der Waals surface area contributed by atoms with Gasteiger partial charge in [-0.3, -0.25) is 14.0 Å². The van der Waals surface area contributed by atoms with Crippen molar-refractivity contribution in [1.82, 2.24) is 25.0 Å². The molecule has 1 fully saturated rings. The predicted molar refractivity (Wildman–Crippen MR) is 132 cm³/mol. The van der Waals surface area contributed by atoms with Crippen molar-refractivity contribution in [2.45, 2.75) is 32.9 Å². The first kappa shape index (κ1) is 22.2. The van der Waals surface area contributed by atoms with Gasteiger partial charge >= 0.3 is 0 Å². The number of rotatable bonds is 7. The van der Waals surface area contributed by atoms with E-state index in [2.05, 4.69) is 27.5 Å². The van der Waals surface area contributed by atoms with E-state index >= 15 is 0 Å². The largest absolute Gasteiger partial charge is 0.347 e. The van der Waals surface area contributed by atoms with Crippen molar-refractivity contribution in [3.8, 4) is 0 Å². The summed E-state index contributed by atoms with van der Waals surface area (Å²) in [5, 5.41) is 6.97. The average Bonchev–Trinajstić information content (AvgIpc) is 2.84. The lowest BCUT2D eigenvalue weighted by Crippen LogP contribution is -2.33. The number of nitrogens with zero attached hydrogens (tertiary/aromatic N) is 3. The van der Waals surface area contributed by atoms with Crippen LogP contribution in [0, 0.1) is 17.8 Å². The molecule has 178 valence electrons. The van der Waals surface area contributed by atoms with Gasteiger partial charge in [0.25, 0.3) is 11.5 Å². The third-order valence-corrected chi connectivity index (χ3v) is 6.68. The molecule has 0 unspecified atom stereocenters. The van der Waals surface area contributed by atoms with Crippen LogP contribution in [0.3, 0.4) is 0 Å². The van der Waals surface area contributed by atoms with Gasteiger partial charge in [0.1, 0.15) is 11.3 Å². The smallest absolute Gasteiger partial charge is 0.270 e. The maximum atomic E-state index is 14.5. The fraction of sp³-hybridized carbons (Fsp3) is 0.308. The fourth-order valence-corrected chi connectivity index (χ4v) is 4.35. The monoisotopic (exact) mass is 463 g/mol. The number of hydrogen-bond donors (Lipinski definition) is 2. The van der Waals surface area contributed by atoms with Crippen LogP contribution in [-0.2, 0) is 13.1 Å². The van der Waals surface area contributed by atoms with Crippen molar-refractivity contribution >= 4 is 22.5 Å². The predicted octanol–water partition coefficient (Wildman–Crippen LogP) is 3.94. The maximum absolute atomic E-state index is 14.5. The number of pyridine rings is 2. The molecular formula is C26H30FN5O2. The second kappa shape index (κ2) is 9.30. The van der Waals surface area contributed by atoms with Crippen LogP contribution in [0.1, 0.15) is 44.2 Å². The van der Waals surface area contributed by atoms with Crippen LogP contribution in [-0.4, -0.2) is 26.8 Å². The van der Waals surface area contributed by atoms with Crippen molar-refractivity contribution in [2.24, 2.45) is 11.8 Å². The van der Waals surface area contributed by atoms with Crippen LogP contribution in [0.2, 0.25) is 0 Å². The summed E-state index contributed by atoms with van der Waals surface area (Å²) in [5.74, 6) is 0.501. The molecule has 1 aromatic carbocycles. The first-order valence-electron chi connectivity index (χ1n) is 11.5. The molecule has 0 spiro atoms. The van der Waals surface area contributed by atoms with E-state index in [1.807, 2.05) is 12.1 Å². The van der Waals surface area contributed by atoms with Gasteiger partial charge in [-0.05, 0) is 60.7 Å². The summed E-state index contributed by atoms with van der Waals surface area (Å²) in [6.07, 6.45) is 4.10. The van der Waals surface area contributed by atoms with E-state index < -0.39 is 11.9 Å². The molecule has 1 aliphatic rings. The molecule has 3 heterocycles. The van der Waals surface area contributed by atoms with Crippen LogP contribution in [0.15, 0.2) is 59.5 Å². The Morgan fingerprint density at radius 3 is 2.82 bits per heavy atom. The zero-order valence-electron chi connectivity index (χ0n) is 18.9. The van der Waals surface area contributed by atoms with Gasteiger partial charge in [-0.15, -0.1) is 0 Å². The van der Waals surface area contributed by atoms with E-state index in [0.29, 0.717) is 29.2 Å². The van der Waals surface area contributed by atoms with E-state index in [1.54, 1.807) is 36.5 Å². The molecule has 0 radical (unpaired) electrons.